The van der Waals surface area contributed by atoms with E-state index in [-0.39, 0.29) is 17.4 Å². The minimum Gasteiger partial charge on any atom is -0.507 e. The fourth-order valence-electron chi connectivity index (χ4n) is 4.88. The Hall–Kier alpha value is -3.90. The number of benzene rings is 3. The Morgan fingerprint density at radius 1 is 1.06 bits per heavy atom. The molecule has 3 aromatic carbocycles. The second-order valence-corrected chi connectivity index (χ2v) is 9.46. The van der Waals surface area contributed by atoms with Gasteiger partial charge in [-0.2, -0.15) is 0 Å². The van der Waals surface area contributed by atoms with E-state index in [1.807, 2.05) is 36.4 Å². The molecule has 1 N–H and O–H groups in total. The number of aryl methyl sites for hydroxylation is 1. The monoisotopic (exact) mass is 466 g/mol. The van der Waals surface area contributed by atoms with Crippen molar-refractivity contribution >= 4 is 23.1 Å². The topological polar surface area (TPSA) is 63.8 Å². The first-order valence-electron chi connectivity index (χ1n) is 11.2. The molecule has 0 amide bonds. The zero-order chi connectivity index (χ0) is 23.2. The molecule has 2 heterocycles. The maximum absolute atomic E-state index is 13.7. The molecule has 0 saturated heterocycles. The predicted molar refractivity (Wildman–Crippen MR) is 134 cm³/mol. The molecule has 34 heavy (non-hydrogen) atoms. The van der Waals surface area contributed by atoms with Crippen molar-refractivity contribution in [2.75, 3.05) is 7.11 Å². The van der Waals surface area contributed by atoms with Gasteiger partial charge in [-0.3, -0.25) is 9.36 Å². The lowest BCUT2D eigenvalue weighted by Gasteiger charge is -2.31. The first-order valence-corrected chi connectivity index (χ1v) is 12.0. The average Bonchev–Trinajstić information content (AvgIpc) is 3.18. The van der Waals surface area contributed by atoms with Crippen LogP contribution in [0, 0.1) is 0 Å². The van der Waals surface area contributed by atoms with Crippen LogP contribution in [-0.4, -0.2) is 16.8 Å². The first kappa shape index (κ1) is 20.7. The molecule has 1 atom stereocenters. The number of hydrogen-bond donors (Lipinski definition) is 1. The van der Waals surface area contributed by atoms with E-state index in [4.69, 9.17) is 9.73 Å². The Morgan fingerprint density at radius 3 is 2.74 bits per heavy atom. The molecule has 5 nitrogen and oxygen atoms in total. The van der Waals surface area contributed by atoms with E-state index in [0.717, 1.165) is 41.0 Å². The van der Waals surface area contributed by atoms with Crippen LogP contribution in [0.3, 0.4) is 0 Å². The zero-order valence-corrected chi connectivity index (χ0v) is 19.4. The van der Waals surface area contributed by atoms with Gasteiger partial charge in [-0.05, 0) is 53.8 Å². The van der Waals surface area contributed by atoms with Crippen LogP contribution in [0.5, 0.6) is 11.5 Å². The Morgan fingerprint density at radius 2 is 1.88 bits per heavy atom. The summed E-state index contributed by atoms with van der Waals surface area (Å²) < 4.78 is 7.84. The van der Waals surface area contributed by atoms with Gasteiger partial charge in [0.25, 0.3) is 5.56 Å². The van der Waals surface area contributed by atoms with Crippen LogP contribution in [0.15, 0.2) is 88.2 Å². The molecule has 1 aromatic heterocycles. The molecule has 2 aliphatic rings. The number of hydrogen-bond acceptors (Lipinski definition) is 5. The van der Waals surface area contributed by atoms with E-state index in [2.05, 4.69) is 18.2 Å². The van der Waals surface area contributed by atoms with Crippen molar-refractivity contribution in [2.24, 2.45) is 4.99 Å². The van der Waals surface area contributed by atoms with Crippen molar-refractivity contribution in [1.82, 2.24) is 4.57 Å². The number of methoxy groups -OCH3 is 1. The van der Waals surface area contributed by atoms with Gasteiger partial charge in [0, 0.05) is 11.1 Å². The molecular formula is C28H22N2O3S. The highest BCUT2D eigenvalue weighted by atomic mass is 32.1. The summed E-state index contributed by atoms with van der Waals surface area (Å²) in [7, 11) is 1.65. The molecule has 0 saturated carbocycles. The summed E-state index contributed by atoms with van der Waals surface area (Å²) in [5.41, 5.74) is 6.03. The lowest BCUT2D eigenvalue weighted by Crippen LogP contribution is -2.38. The molecule has 4 aromatic rings. The van der Waals surface area contributed by atoms with Crippen LogP contribution in [0.1, 0.15) is 34.7 Å². The summed E-state index contributed by atoms with van der Waals surface area (Å²) >= 11 is 1.36. The van der Waals surface area contributed by atoms with Crippen molar-refractivity contribution in [1.29, 1.82) is 0 Å². The van der Waals surface area contributed by atoms with Crippen LogP contribution in [0.4, 0.5) is 0 Å². The fourth-order valence-corrected chi connectivity index (χ4v) is 5.88. The van der Waals surface area contributed by atoms with Gasteiger partial charge < -0.3 is 9.84 Å². The van der Waals surface area contributed by atoms with Crippen molar-refractivity contribution in [3.8, 4) is 11.5 Å². The van der Waals surface area contributed by atoms with E-state index < -0.39 is 0 Å². The van der Waals surface area contributed by atoms with Gasteiger partial charge in [0.2, 0.25) is 0 Å². The molecule has 168 valence electrons. The van der Waals surface area contributed by atoms with Crippen LogP contribution >= 0.6 is 11.3 Å². The summed E-state index contributed by atoms with van der Waals surface area (Å²) in [6.07, 6.45) is 3.49. The quantitative estimate of drug-likeness (QED) is 0.496. The Kier molecular flexibility index (Phi) is 4.96. The number of phenols is 1. The van der Waals surface area contributed by atoms with Gasteiger partial charge in [-0.15, -0.1) is 0 Å². The second-order valence-electron chi connectivity index (χ2n) is 8.45. The number of nitrogens with zero attached hydrogens (tertiary/aromatic N) is 2. The zero-order valence-electron chi connectivity index (χ0n) is 18.6. The lowest BCUT2D eigenvalue weighted by molar-refractivity contribution is 0.413. The minimum absolute atomic E-state index is 0.106. The maximum atomic E-state index is 13.7. The second kappa shape index (κ2) is 8.15. The number of rotatable bonds is 3. The highest BCUT2D eigenvalue weighted by molar-refractivity contribution is 7.07. The summed E-state index contributed by atoms with van der Waals surface area (Å²) in [4.78, 5) is 19.4. The third-order valence-electron chi connectivity index (χ3n) is 6.51. The van der Waals surface area contributed by atoms with Crippen molar-refractivity contribution in [3.63, 3.8) is 0 Å². The third-order valence-corrected chi connectivity index (χ3v) is 7.49. The molecular weight excluding hydrogens is 444 g/mol. The van der Waals surface area contributed by atoms with Gasteiger partial charge >= 0.3 is 0 Å². The van der Waals surface area contributed by atoms with Crippen molar-refractivity contribution < 1.29 is 9.84 Å². The van der Waals surface area contributed by atoms with Gasteiger partial charge in [0.15, 0.2) is 4.80 Å². The maximum Gasteiger partial charge on any atom is 0.271 e. The third kappa shape index (κ3) is 3.30. The van der Waals surface area contributed by atoms with Crippen molar-refractivity contribution in [2.45, 2.75) is 18.9 Å². The highest BCUT2D eigenvalue weighted by Crippen LogP contribution is 2.41. The van der Waals surface area contributed by atoms with Crippen LogP contribution < -0.4 is 19.6 Å². The summed E-state index contributed by atoms with van der Waals surface area (Å²) in [6.45, 7) is 0. The lowest BCUT2D eigenvalue weighted by atomic mass is 9.83. The molecule has 0 unspecified atom stereocenters. The molecule has 0 spiro atoms. The fraction of sp³-hybridized carbons (Fsp3) is 0.143. The minimum atomic E-state index is -0.263. The Bertz CT molecular complexity index is 1640. The van der Waals surface area contributed by atoms with Crippen LogP contribution in [0.2, 0.25) is 0 Å². The first-order chi connectivity index (χ1) is 16.6. The number of aromatic hydroxyl groups is 1. The number of aromatic nitrogens is 1. The van der Waals surface area contributed by atoms with Gasteiger partial charge in [-0.1, -0.05) is 65.9 Å². The normalized spacial score (nSPS) is 17.0. The van der Waals surface area contributed by atoms with E-state index in [0.29, 0.717) is 14.9 Å². The van der Waals surface area contributed by atoms with E-state index in [9.17, 15) is 9.90 Å². The SMILES string of the molecule is COc1cccc([C@H]2C3=C(N=c4s/c(=C\c5ccccc5O)c(=O)n42)c2ccccc2CC3)c1. The van der Waals surface area contributed by atoms with Gasteiger partial charge in [0.1, 0.15) is 11.5 Å². The Labute approximate surface area is 200 Å². The number of fused-ring (bicyclic) bond motifs is 3. The molecule has 0 bridgehead atoms. The Balaban J connectivity index is 1.64. The predicted octanol–water partition coefficient (Wildman–Crippen LogP) is 4.03. The standard InChI is InChI=1S/C28H22N2O3S/c1-33-20-10-6-9-19(15-20)26-22-14-13-17-7-2-4-11-21(17)25(22)29-28-30(26)27(32)24(34-28)16-18-8-3-5-12-23(18)31/h2-12,15-16,26,31H,13-14H2,1H3/b24-16-/t26-/m0/s1. The van der Waals surface area contributed by atoms with Crippen LogP contribution in [-0.2, 0) is 6.42 Å². The number of para-hydroxylation sites is 1. The summed E-state index contributed by atoms with van der Waals surface area (Å²) in [5.74, 6) is 0.898. The van der Waals surface area contributed by atoms with Gasteiger partial charge in [-0.25, -0.2) is 4.99 Å². The summed E-state index contributed by atoms with van der Waals surface area (Å²) in [6, 6.07) is 23.1. The molecule has 1 aliphatic heterocycles. The van der Waals surface area contributed by atoms with E-state index >= 15 is 0 Å². The number of allylic oxidation sites excluding steroid dienone is 1. The smallest absolute Gasteiger partial charge is 0.271 e. The highest BCUT2D eigenvalue weighted by Gasteiger charge is 2.32. The molecule has 6 rings (SSSR count). The number of phenolic OH excluding ortho intramolecular Hbond substituents is 1. The van der Waals surface area contributed by atoms with Gasteiger partial charge in [0.05, 0.1) is 23.4 Å². The van der Waals surface area contributed by atoms with E-state index in [1.54, 1.807) is 36.0 Å². The number of thiazole rings is 1. The number of ether oxygens (including phenoxy) is 1. The average molecular weight is 467 g/mol. The molecule has 6 heteroatoms. The van der Waals surface area contributed by atoms with Crippen LogP contribution in [0.25, 0.3) is 11.8 Å². The molecule has 0 fully saturated rings. The summed E-state index contributed by atoms with van der Waals surface area (Å²) in [5, 5.41) is 10.2. The largest absolute Gasteiger partial charge is 0.507 e. The van der Waals surface area contributed by atoms with Crippen molar-refractivity contribution in [3.05, 3.63) is 120 Å². The van der Waals surface area contributed by atoms with E-state index in [1.165, 1.54) is 16.9 Å². The molecule has 0 radical (unpaired) electrons. The molecule has 1 aliphatic carbocycles.